The molecule has 1 N–H and O–H groups in total. The number of rotatable bonds is 2. The summed E-state index contributed by atoms with van der Waals surface area (Å²) in [7, 11) is 1.51. The number of carbonyl (C=O) groups excluding carboxylic acids is 1. The van der Waals surface area contributed by atoms with Crippen LogP contribution in [-0.2, 0) is 7.05 Å². The Morgan fingerprint density at radius 1 is 1.50 bits per heavy atom. The summed E-state index contributed by atoms with van der Waals surface area (Å²) in [4.78, 5) is 22.4. The van der Waals surface area contributed by atoms with E-state index in [1.807, 2.05) is 13.8 Å². The summed E-state index contributed by atoms with van der Waals surface area (Å²) in [6.45, 7) is 3.72. The maximum Gasteiger partial charge on any atom is 0.271 e. The van der Waals surface area contributed by atoms with E-state index in [0.29, 0.717) is 0 Å². The largest absolute Gasteiger partial charge is 0.348 e. The van der Waals surface area contributed by atoms with E-state index >= 15 is 0 Å². The van der Waals surface area contributed by atoms with Gasteiger partial charge in [-0.3, -0.25) is 9.59 Å². The molecule has 0 saturated carbocycles. The molecule has 1 heterocycles. The smallest absolute Gasteiger partial charge is 0.271 e. The molecule has 0 aliphatic heterocycles. The third kappa shape index (κ3) is 2.42. The van der Waals surface area contributed by atoms with E-state index in [1.165, 1.54) is 19.2 Å². The Balaban J connectivity index is 2.92. The second kappa shape index (κ2) is 4.04. The van der Waals surface area contributed by atoms with Crippen LogP contribution in [-0.4, -0.2) is 21.7 Å². The summed E-state index contributed by atoms with van der Waals surface area (Å²) >= 11 is 0. The molecule has 0 aromatic carbocycles. The molecule has 0 radical (unpaired) electrons. The fourth-order valence-electron chi connectivity index (χ4n) is 0.960. The van der Waals surface area contributed by atoms with Gasteiger partial charge in [0.15, 0.2) is 0 Å². The van der Waals surface area contributed by atoms with Gasteiger partial charge in [0.2, 0.25) is 0 Å². The highest BCUT2D eigenvalue weighted by molar-refractivity contribution is 5.92. The molecular weight excluding hydrogens is 182 g/mol. The fraction of sp³-hybridized carbons (Fsp3) is 0.444. The van der Waals surface area contributed by atoms with Gasteiger partial charge in [-0.15, -0.1) is 0 Å². The SMILES string of the molecule is CC(C)NC(=O)c1ccc(=O)n(C)n1. The first-order chi connectivity index (χ1) is 6.50. The van der Waals surface area contributed by atoms with E-state index in [-0.39, 0.29) is 23.2 Å². The lowest BCUT2D eigenvalue weighted by molar-refractivity contribution is 0.0936. The van der Waals surface area contributed by atoms with Crippen molar-refractivity contribution in [1.82, 2.24) is 15.1 Å². The number of hydrogen-bond acceptors (Lipinski definition) is 3. The lowest BCUT2D eigenvalue weighted by atomic mass is 10.3. The Morgan fingerprint density at radius 2 is 2.14 bits per heavy atom. The summed E-state index contributed by atoms with van der Waals surface area (Å²) < 4.78 is 1.13. The van der Waals surface area contributed by atoms with Gasteiger partial charge in [-0.25, -0.2) is 4.68 Å². The van der Waals surface area contributed by atoms with E-state index in [4.69, 9.17) is 0 Å². The average Bonchev–Trinajstić information content (AvgIpc) is 2.08. The number of amides is 1. The van der Waals surface area contributed by atoms with Crippen molar-refractivity contribution >= 4 is 5.91 Å². The minimum atomic E-state index is -0.268. The molecule has 0 bridgehead atoms. The van der Waals surface area contributed by atoms with Gasteiger partial charge in [0.1, 0.15) is 5.69 Å². The van der Waals surface area contributed by atoms with Crippen LogP contribution in [0.1, 0.15) is 24.3 Å². The van der Waals surface area contributed by atoms with Gasteiger partial charge in [-0.2, -0.15) is 5.10 Å². The maximum absolute atomic E-state index is 11.4. The number of aromatic nitrogens is 2. The minimum absolute atomic E-state index is 0.0570. The highest BCUT2D eigenvalue weighted by Gasteiger charge is 2.08. The fourth-order valence-corrected chi connectivity index (χ4v) is 0.960. The Hall–Kier alpha value is -1.65. The Bertz CT molecular complexity index is 395. The van der Waals surface area contributed by atoms with Gasteiger partial charge < -0.3 is 5.32 Å². The first kappa shape index (κ1) is 10.4. The van der Waals surface area contributed by atoms with Crippen LogP contribution in [0, 0.1) is 0 Å². The standard InChI is InChI=1S/C9H13N3O2/c1-6(2)10-9(14)7-4-5-8(13)12(3)11-7/h4-6H,1-3H3,(H,10,14). The van der Waals surface area contributed by atoms with Gasteiger partial charge in [-0.05, 0) is 19.9 Å². The zero-order valence-corrected chi connectivity index (χ0v) is 8.44. The van der Waals surface area contributed by atoms with Crippen LogP contribution in [0.2, 0.25) is 0 Å². The second-order valence-electron chi connectivity index (χ2n) is 3.31. The van der Waals surface area contributed by atoms with Gasteiger partial charge in [0.25, 0.3) is 11.5 Å². The van der Waals surface area contributed by atoms with Crippen molar-refractivity contribution in [3.8, 4) is 0 Å². The lowest BCUT2D eigenvalue weighted by Crippen LogP contribution is -2.32. The molecule has 1 aromatic heterocycles. The van der Waals surface area contributed by atoms with E-state index in [1.54, 1.807) is 0 Å². The highest BCUT2D eigenvalue weighted by Crippen LogP contribution is 1.90. The monoisotopic (exact) mass is 195 g/mol. The van der Waals surface area contributed by atoms with Crippen LogP contribution in [0.25, 0.3) is 0 Å². The first-order valence-electron chi connectivity index (χ1n) is 4.36. The van der Waals surface area contributed by atoms with Crippen molar-refractivity contribution in [2.75, 3.05) is 0 Å². The minimum Gasteiger partial charge on any atom is -0.348 e. The molecule has 0 unspecified atom stereocenters. The summed E-state index contributed by atoms with van der Waals surface area (Å²) in [5, 5.41) is 6.51. The summed E-state index contributed by atoms with van der Waals surface area (Å²) in [5.41, 5.74) is 0.0203. The lowest BCUT2D eigenvalue weighted by Gasteiger charge is -2.07. The molecule has 0 aliphatic carbocycles. The van der Waals surface area contributed by atoms with Crippen LogP contribution in [0.5, 0.6) is 0 Å². The van der Waals surface area contributed by atoms with Crippen molar-refractivity contribution in [3.05, 3.63) is 28.2 Å². The number of nitrogens with one attached hydrogen (secondary N) is 1. The molecule has 1 amide bonds. The first-order valence-corrected chi connectivity index (χ1v) is 4.36. The van der Waals surface area contributed by atoms with Gasteiger partial charge in [-0.1, -0.05) is 0 Å². The van der Waals surface area contributed by atoms with Crippen molar-refractivity contribution in [2.45, 2.75) is 19.9 Å². The van der Waals surface area contributed by atoms with Crippen LogP contribution in [0.15, 0.2) is 16.9 Å². The van der Waals surface area contributed by atoms with Crippen LogP contribution >= 0.6 is 0 Å². The van der Waals surface area contributed by atoms with E-state index in [9.17, 15) is 9.59 Å². The van der Waals surface area contributed by atoms with Crippen LogP contribution in [0.4, 0.5) is 0 Å². The molecular formula is C9H13N3O2. The van der Waals surface area contributed by atoms with Crippen molar-refractivity contribution in [2.24, 2.45) is 7.05 Å². The highest BCUT2D eigenvalue weighted by atomic mass is 16.2. The van der Waals surface area contributed by atoms with E-state index in [2.05, 4.69) is 10.4 Å². The molecule has 76 valence electrons. The Morgan fingerprint density at radius 3 is 2.64 bits per heavy atom. The van der Waals surface area contributed by atoms with Gasteiger partial charge in [0, 0.05) is 19.2 Å². The van der Waals surface area contributed by atoms with Crippen molar-refractivity contribution < 1.29 is 4.79 Å². The average molecular weight is 195 g/mol. The molecule has 14 heavy (non-hydrogen) atoms. The van der Waals surface area contributed by atoms with Crippen LogP contribution in [0.3, 0.4) is 0 Å². The molecule has 0 spiro atoms. The van der Waals surface area contributed by atoms with Crippen molar-refractivity contribution in [1.29, 1.82) is 0 Å². The third-order valence-electron chi connectivity index (χ3n) is 1.61. The Labute approximate surface area is 81.7 Å². The molecule has 5 heteroatoms. The number of carbonyl (C=O) groups is 1. The molecule has 0 fully saturated rings. The maximum atomic E-state index is 11.4. The Kier molecular flexibility index (Phi) is 3.01. The molecule has 1 rings (SSSR count). The van der Waals surface area contributed by atoms with E-state index in [0.717, 1.165) is 4.68 Å². The number of aryl methyl sites for hydroxylation is 1. The quantitative estimate of drug-likeness (QED) is 0.717. The second-order valence-corrected chi connectivity index (χ2v) is 3.31. The zero-order valence-electron chi connectivity index (χ0n) is 8.44. The predicted molar refractivity (Wildman–Crippen MR) is 52.1 cm³/mol. The van der Waals surface area contributed by atoms with Gasteiger partial charge >= 0.3 is 0 Å². The molecule has 1 aromatic rings. The number of hydrogen-bond donors (Lipinski definition) is 1. The molecule has 5 nitrogen and oxygen atoms in total. The van der Waals surface area contributed by atoms with Crippen LogP contribution < -0.4 is 10.9 Å². The zero-order chi connectivity index (χ0) is 10.7. The van der Waals surface area contributed by atoms with E-state index < -0.39 is 0 Å². The van der Waals surface area contributed by atoms with Crippen molar-refractivity contribution in [3.63, 3.8) is 0 Å². The van der Waals surface area contributed by atoms with Gasteiger partial charge in [0.05, 0.1) is 0 Å². The normalized spacial score (nSPS) is 10.3. The number of nitrogens with zero attached hydrogens (tertiary/aromatic N) is 2. The predicted octanol–water partition coefficient (Wildman–Crippen LogP) is -0.0815. The third-order valence-corrected chi connectivity index (χ3v) is 1.61. The summed E-state index contributed by atoms with van der Waals surface area (Å²) in [6, 6.07) is 2.80. The molecule has 0 aliphatic rings. The topological polar surface area (TPSA) is 64.0 Å². The summed E-state index contributed by atoms with van der Waals surface area (Å²) in [6.07, 6.45) is 0. The molecule has 0 atom stereocenters. The molecule has 0 saturated heterocycles. The summed E-state index contributed by atoms with van der Waals surface area (Å²) in [5.74, 6) is -0.268.